The quantitative estimate of drug-likeness (QED) is 0.706. The van der Waals surface area contributed by atoms with E-state index in [0.717, 1.165) is 11.1 Å². The molecule has 5 heteroatoms. The number of aromatic nitrogens is 3. The fourth-order valence-electron chi connectivity index (χ4n) is 1.61. The SMILES string of the molecule is Clc1cncc(-c2cc(-c3cccnc3)on2)c1. The van der Waals surface area contributed by atoms with Crippen LogP contribution >= 0.6 is 11.6 Å². The highest BCUT2D eigenvalue weighted by atomic mass is 35.5. The van der Waals surface area contributed by atoms with Crippen molar-refractivity contribution in [2.75, 3.05) is 0 Å². The van der Waals surface area contributed by atoms with E-state index in [0.29, 0.717) is 16.5 Å². The zero-order valence-corrected chi connectivity index (χ0v) is 10.0. The van der Waals surface area contributed by atoms with Gasteiger partial charge in [-0.3, -0.25) is 9.97 Å². The number of halogens is 1. The highest BCUT2D eigenvalue weighted by Crippen LogP contribution is 2.26. The fourth-order valence-corrected chi connectivity index (χ4v) is 1.78. The van der Waals surface area contributed by atoms with Gasteiger partial charge in [-0.25, -0.2) is 0 Å². The molecule has 0 aliphatic carbocycles. The Labute approximate surface area is 108 Å². The molecule has 0 amide bonds. The van der Waals surface area contributed by atoms with E-state index in [-0.39, 0.29) is 0 Å². The highest BCUT2D eigenvalue weighted by molar-refractivity contribution is 6.30. The van der Waals surface area contributed by atoms with Crippen molar-refractivity contribution >= 4 is 11.6 Å². The molecule has 0 N–H and O–H groups in total. The number of hydrogen-bond donors (Lipinski definition) is 0. The van der Waals surface area contributed by atoms with Crippen LogP contribution in [0.4, 0.5) is 0 Å². The molecule has 0 unspecified atom stereocenters. The third-order valence-electron chi connectivity index (χ3n) is 2.46. The Morgan fingerprint density at radius 3 is 2.67 bits per heavy atom. The summed E-state index contributed by atoms with van der Waals surface area (Å²) < 4.78 is 5.28. The van der Waals surface area contributed by atoms with Crippen molar-refractivity contribution in [1.29, 1.82) is 0 Å². The summed E-state index contributed by atoms with van der Waals surface area (Å²) in [4.78, 5) is 8.05. The molecule has 4 nitrogen and oxygen atoms in total. The molecule has 0 saturated heterocycles. The second-order valence-corrected chi connectivity index (χ2v) is 4.15. The van der Waals surface area contributed by atoms with Crippen molar-refractivity contribution < 1.29 is 4.52 Å². The van der Waals surface area contributed by atoms with Crippen LogP contribution in [-0.4, -0.2) is 15.1 Å². The lowest BCUT2D eigenvalue weighted by molar-refractivity contribution is 0.435. The Hall–Kier alpha value is -2.20. The molecule has 3 heterocycles. The van der Waals surface area contributed by atoms with Crippen molar-refractivity contribution in [1.82, 2.24) is 15.1 Å². The van der Waals surface area contributed by atoms with E-state index in [1.807, 2.05) is 18.2 Å². The van der Waals surface area contributed by atoms with Crippen LogP contribution in [0.5, 0.6) is 0 Å². The minimum absolute atomic E-state index is 0.568. The average molecular weight is 258 g/mol. The lowest BCUT2D eigenvalue weighted by atomic mass is 10.1. The first kappa shape index (κ1) is 10.9. The largest absolute Gasteiger partial charge is 0.356 e. The van der Waals surface area contributed by atoms with Gasteiger partial charge in [0.25, 0.3) is 0 Å². The minimum atomic E-state index is 0.568. The smallest absolute Gasteiger partial charge is 0.169 e. The molecule has 0 fully saturated rings. The van der Waals surface area contributed by atoms with Crippen molar-refractivity contribution in [3.05, 3.63) is 54.1 Å². The summed E-state index contributed by atoms with van der Waals surface area (Å²) in [5, 5.41) is 4.57. The zero-order valence-electron chi connectivity index (χ0n) is 9.25. The van der Waals surface area contributed by atoms with E-state index in [1.54, 1.807) is 30.9 Å². The molecule has 0 atom stereocenters. The summed E-state index contributed by atoms with van der Waals surface area (Å²) in [6, 6.07) is 7.38. The Balaban J connectivity index is 2.00. The van der Waals surface area contributed by atoms with E-state index in [9.17, 15) is 0 Å². The number of nitrogens with zero attached hydrogens (tertiary/aromatic N) is 3. The van der Waals surface area contributed by atoms with Crippen LogP contribution in [0.25, 0.3) is 22.6 Å². The van der Waals surface area contributed by atoms with Crippen LogP contribution in [0.2, 0.25) is 5.02 Å². The standard InChI is InChI=1S/C13H8ClN3O/c14-11-4-10(7-16-8-11)12-5-13(18-17-12)9-2-1-3-15-6-9/h1-8H. The van der Waals surface area contributed by atoms with Gasteiger partial charge in [0.1, 0.15) is 5.69 Å². The van der Waals surface area contributed by atoms with E-state index < -0.39 is 0 Å². The Bertz CT molecular complexity index is 667. The fraction of sp³-hybridized carbons (Fsp3) is 0. The maximum atomic E-state index is 5.89. The van der Waals surface area contributed by atoms with E-state index in [2.05, 4.69) is 15.1 Å². The number of hydrogen-bond acceptors (Lipinski definition) is 4. The first-order valence-corrected chi connectivity index (χ1v) is 5.69. The van der Waals surface area contributed by atoms with Gasteiger partial charge in [0.15, 0.2) is 5.76 Å². The molecule has 0 aliphatic heterocycles. The van der Waals surface area contributed by atoms with Gasteiger partial charge in [-0.2, -0.15) is 0 Å². The van der Waals surface area contributed by atoms with Gasteiger partial charge in [-0.05, 0) is 18.2 Å². The molecule has 3 aromatic rings. The molecule has 0 radical (unpaired) electrons. The first-order valence-electron chi connectivity index (χ1n) is 5.31. The van der Waals surface area contributed by atoms with Crippen molar-refractivity contribution in [3.8, 4) is 22.6 Å². The third kappa shape index (κ3) is 2.10. The van der Waals surface area contributed by atoms with Gasteiger partial charge >= 0.3 is 0 Å². The topological polar surface area (TPSA) is 51.8 Å². The summed E-state index contributed by atoms with van der Waals surface area (Å²) in [6.45, 7) is 0. The molecule has 3 rings (SSSR count). The molecular weight excluding hydrogens is 250 g/mol. The lowest BCUT2D eigenvalue weighted by Crippen LogP contribution is -1.79. The summed E-state index contributed by atoms with van der Waals surface area (Å²) in [7, 11) is 0. The molecule has 0 bridgehead atoms. The number of pyridine rings is 2. The van der Waals surface area contributed by atoms with Gasteiger partial charge in [0.2, 0.25) is 0 Å². The minimum Gasteiger partial charge on any atom is -0.356 e. The maximum Gasteiger partial charge on any atom is 0.169 e. The Morgan fingerprint density at radius 2 is 1.89 bits per heavy atom. The van der Waals surface area contributed by atoms with E-state index >= 15 is 0 Å². The van der Waals surface area contributed by atoms with Crippen LogP contribution in [0.1, 0.15) is 0 Å². The van der Waals surface area contributed by atoms with Crippen LogP contribution in [0, 0.1) is 0 Å². The molecule has 88 valence electrons. The monoisotopic (exact) mass is 257 g/mol. The molecule has 18 heavy (non-hydrogen) atoms. The normalized spacial score (nSPS) is 10.5. The summed E-state index contributed by atoms with van der Waals surface area (Å²) in [6.07, 6.45) is 6.70. The average Bonchev–Trinajstić information content (AvgIpc) is 2.89. The predicted molar refractivity (Wildman–Crippen MR) is 68.0 cm³/mol. The summed E-state index contributed by atoms with van der Waals surface area (Å²) in [5.41, 5.74) is 2.40. The van der Waals surface area contributed by atoms with Gasteiger partial charge in [-0.1, -0.05) is 16.8 Å². The van der Waals surface area contributed by atoms with Crippen LogP contribution in [0.15, 0.2) is 53.6 Å². The highest BCUT2D eigenvalue weighted by Gasteiger charge is 2.09. The second kappa shape index (κ2) is 4.58. The molecule has 3 aromatic heterocycles. The van der Waals surface area contributed by atoms with Gasteiger partial charge in [0.05, 0.1) is 5.02 Å². The van der Waals surface area contributed by atoms with Crippen molar-refractivity contribution in [3.63, 3.8) is 0 Å². The van der Waals surface area contributed by atoms with Crippen LogP contribution in [0.3, 0.4) is 0 Å². The lowest BCUT2D eigenvalue weighted by Gasteiger charge is -1.94. The molecular formula is C13H8ClN3O. The molecule has 0 saturated carbocycles. The van der Waals surface area contributed by atoms with Crippen molar-refractivity contribution in [2.24, 2.45) is 0 Å². The predicted octanol–water partition coefficient (Wildman–Crippen LogP) is 3.45. The maximum absolute atomic E-state index is 5.89. The Morgan fingerprint density at radius 1 is 1.00 bits per heavy atom. The molecule has 0 aliphatic rings. The van der Waals surface area contributed by atoms with E-state index in [4.69, 9.17) is 16.1 Å². The zero-order chi connectivity index (χ0) is 12.4. The molecule has 0 spiro atoms. The van der Waals surface area contributed by atoms with Gasteiger partial charge < -0.3 is 4.52 Å². The summed E-state index contributed by atoms with van der Waals surface area (Å²) >= 11 is 5.89. The van der Waals surface area contributed by atoms with Crippen LogP contribution < -0.4 is 0 Å². The third-order valence-corrected chi connectivity index (χ3v) is 2.66. The second-order valence-electron chi connectivity index (χ2n) is 3.71. The van der Waals surface area contributed by atoms with Crippen molar-refractivity contribution in [2.45, 2.75) is 0 Å². The Kier molecular flexibility index (Phi) is 2.78. The van der Waals surface area contributed by atoms with Crippen LogP contribution in [-0.2, 0) is 0 Å². The van der Waals surface area contributed by atoms with Gasteiger partial charge in [0, 0.05) is 42.0 Å². The molecule has 0 aromatic carbocycles. The first-order chi connectivity index (χ1) is 8.83. The van der Waals surface area contributed by atoms with E-state index in [1.165, 1.54) is 0 Å². The summed E-state index contributed by atoms with van der Waals surface area (Å²) in [5.74, 6) is 0.665. The number of rotatable bonds is 2. The van der Waals surface area contributed by atoms with Gasteiger partial charge in [-0.15, -0.1) is 0 Å².